The van der Waals surface area contributed by atoms with Crippen LogP contribution in [0, 0.1) is 0 Å². The van der Waals surface area contributed by atoms with Gasteiger partial charge in [-0.15, -0.1) is 0 Å². The largest absolute Gasteiger partial charge is 0.386 e. The highest BCUT2D eigenvalue weighted by molar-refractivity contribution is 4.92. The maximum Gasteiger partial charge on any atom is 0.102 e. The van der Waals surface area contributed by atoms with Crippen molar-refractivity contribution in [2.75, 3.05) is 19.8 Å². The molecule has 4 nitrogen and oxygen atoms in total. The Morgan fingerprint density at radius 2 is 2.31 bits per heavy atom. The molecule has 0 spiro atoms. The monoisotopic (exact) mass is 186 g/mol. The van der Waals surface area contributed by atoms with Crippen LogP contribution in [0.4, 0.5) is 0 Å². The minimum atomic E-state index is -0.625. The Morgan fingerprint density at radius 1 is 1.54 bits per heavy atom. The number of nitrogens with two attached hydrogens (primary N) is 1. The fourth-order valence-corrected chi connectivity index (χ4v) is 1.90. The quantitative estimate of drug-likeness (QED) is 0.541. The van der Waals surface area contributed by atoms with E-state index in [0.717, 1.165) is 19.3 Å². The number of aliphatic hydroxyl groups is 1. The summed E-state index contributed by atoms with van der Waals surface area (Å²) < 4.78 is 5.15. The molecule has 2 fully saturated rings. The summed E-state index contributed by atoms with van der Waals surface area (Å²) in [6.45, 7) is 1.80. The number of nitrogens with one attached hydrogen (secondary N) is 1. The third kappa shape index (κ3) is 2.20. The van der Waals surface area contributed by atoms with Crippen molar-refractivity contribution in [3.05, 3.63) is 0 Å². The molecule has 0 aromatic rings. The van der Waals surface area contributed by atoms with Crippen molar-refractivity contribution >= 4 is 0 Å². The number of ether oxygens (including phenoxy) is 1. The number of hydrogen-bond donors (Lipinski definition) is 3. The Kier molecular flexibility index (Phi) is 2.55. The predicted molar refractivity (Wildman–Crippen MR) is 49.4 cm³/mol. The molecule has 1 saturated carbocycles. The molecule has 1 aliphatic carbocycles. The molecule has 13 heavy (non-hydrogen) atoms. The Morgan fingerprint density at radius 3 is 2.85 bits per heavy atom. The van der Waals surface area contributed by atoms with E-state index in [0.29, 0.717) is 31.8 Å². The van der Waals surface area contributed by atoms with Gasteiger partial charge in [0, 0.05) is 31.7 Å². The first-order chi connectivity index (χ1) is 6.18. The number of hydrogen-bond acceptors (Lipinski definition) is 4. The molecule has 0 aromatic heterocycles. The number of rotatable bonds is 3. The molecule has 0 radical (unpaired) electrons. The molecule has 1 aliphatic heterocycles. The van der Waals surface area contributed by atoms with Crippen molar-refractivity contribution in [2.45, 2.75) is 36.9 Å². The van der Waals surface area contributed by atoms with E-state index in [-0.39, 0.29) is 0 Å². The van der Waals surface area contributed by atoms with Gasteiger partial charge in [0.05, 0.1) is 6.61 Å². The summed E-state index contributed by atoms with van der Waals surface area (Å²) in [7, 11) is 0. The van der Waals surface area contributed by atoms with Crippen LogP contribution in [-0.2, 0) is 4.74 Å². The van der Waals surface area contributed by atoms with Crippen molar-refractivity contribution in [1.82, 2.24) is 5.32 Å². The van der Waals surface area contributed by atoms with E-state index in [9.17, 15) is 5.11 Å². The first kappa shape index (κ1) is 9.40. The molecular weight excluding hydrogens is 168 g/mol. The lowest BCUT2D eigenvalue weighted by Crippen LogP contribution is -2.53. The van der Waals surface area contributed by atoms with E-state index in [4.69, 9.17) is 10.5 Å². The van der Waals surface area contributed by atoms with E-state index < -0.39 is 5.60 Å². The summed E-state index contributed by atoms with van der Waals surface area (Å²) in [4.78, 5) is 0. The van der Waals surface area contributed by atoms with Crippen LogP contribution in [0.3, 0.4) is 0 Å². The Labute approximate surface area is 78.4 Å². The second-order valence-electron chi connectivity index (χ2n) is 4.34. The molecule has 1 unspecified atom stereocenters. The smallest absolute Gasteiger partial charge is 0.102 e. The van der Waals surface area contributed by atoms with Crippen LogP contribution in [-0.4, -0.2) is 42.5 Å². The van der Waals surface area contributed by atoms with Gasteiger partial charge in [0.1, 0.15) is 5.60 Å². The zero-order valence-corrected chi connectivity index (χ0v) is 7.83. The van der Waals surface area contributed by atoms with Gasteiger partial charge in [-0.3, -0.25) is 0 Å². The van der Waals surface area contributed by atoms with Gasteiger partial charge < -0.3 is 20.9 Å². The third-order valence-electron chi connectivity index (χ3n) is 2.98. The van der Waals surface area contributed by atoms with Crippen LogP contribution in [0.15, 0.2) is 0 Å². The van der Waals surface area contributed by atoms with Crippen LogP contribution in [0.1, 0.15) is 19.3 Å². The fraction of sp³-hybridized carbons (Fsp3) is 1.00. The zero-order chi connectivity index (χ0) is 9.31. The molecule has 1 saturated heterocycles. The third-order valence-corrected chi connectivity index (χ3v) is 2.98. The van der Waals surface area contributed by atoms with E-state index in [1.54, 1.807) is 0 Å². The molecule has 0 bridgehead atoms. The summed E-state index contributed by atoms with van der Waals surface area (Å²) in [5.74, 6) is 0. The lowest BCUT2D eigenvalue weighted by molar-refractivity contribution is 0.0217. The van der Waals surface area contributed by atoms with Gasteiger partial charge in [-0.05, 0) is 12.8 Å². The topological polar surface area (TPSA) is 67.5 Å². The Bertz CT molecular complexity index is 174. The van der Waals surface area contributed by atoms with Gasteiger partial charge in [-0.2, -0.15) is 0 Å². The van der Waals surface area contributed by atoms with E-state index in [1.807, 2.05) is 0 Å². The minimum absolute atomic E-state index is 0.368. The van der Waals surface area contributed by atoms with Gasteiger partial charge in [0.2, 0.25) is 0 Å². The van der Waals surface area contributed by atoms with Crippen LogP contribution in [0.5, 0.6) is 0 Å². The Balaban J connectivity index is 1.67. The highest BCUT2D eigenvalue weighted by Crippen LogP contribution is 2.21. The van der Waals surface area contributed by atoms with E-state index in [1.165, 1.54) is 0 Å². The van der Waals surface area contributed by atoms with Gasteiger partial charge in [0.15, 0.2) is 0 Å². The Hall–Kier alpha value is -0.160. The van der Waals surface area contributed by atoms with Gasteiger partial charge in [0.25, 0.3) is 0 Å². The average Bonchev–Trinajstić information content (AvgIpc) is 2.45. The van der Waals surface area contributed by atoms with Crippen LogP contribution < -0.4 is 11.1 Å². The second kappa shape index (κ2) is 3.53. The normalized spacial score (nSPS) is 44.8. The molecular formula is C9H18N2O2. The summed E-state index contributed by atoms with van der Waals surface area (Å²) >= 11 is 0. The molecule has 2 rings (SSSR count). The first-order valence-electron chi connectivity index (χ1n) is 4.97. The summed E-state index contributed by atoms with van der Waals surface area (Å²) in [6, 6.07) is 0.881. The van der Waals surface area contributed by atoms with Gasteiger partial charge in [-0.1, -0.05) is 0 Å². The van der Waals surface area contributed by atoms with Gasteiger partial charge >= 0.3 is 0 Å². The van der Waals surface area contributed by atoms with Crippen LogP contribution in [0.2, 0.25) is 0 Å². The highest BCUT2D eigenvalue weighted by atomic mass is 16.5. The van der Waals surface area contributed by atoms with Crippen molar-refractivity contribution in [2.24, 2.45) is 5.73 Å². The molecule has 0 amide bonds. The molecule has 76 valence electrons. The molecule has 4 heteroatoms. The molecule has 0 aromatic carbocycles. The summed E-state index contributed by atoms with van der Waals surface area (Å²) in [5, 5.41) is 13.2. The van der Waals surface area contributed by atoms with Crippen molar-refractivity contribution in [3.8, 4) is 0 Å². The molecule has 2 aliphatic rings. The van der Waals surface area contributed by atoms with E-state index in [2.05, 4.69) is 5.32 Å². The standard InChI is InChI=1S/C9H18N2O2/c10-7-3-8(4-7)11-5-9(12)1-2-13-6-9/h7-8,11-12H,1-6,10H2. The van der Waals surface area contributed by atoms with Crippen LogP contribution >= 0.6 is 0 Å². The van der Waals surface area contributed by atoms with Crippen molar-refractivity contribution in [3.63, 3.8) is 0 Å². The maximum absolute atomic E-state index is 9.91. The fourth-order valence-electron chi connectivity index (χ4n) is 1.90. The maximum atomic E-state index is 9.91. The zero-order valence-electron chi connectivity index (χ0n) is 7.83. The first-order valence-corrected chi connectivity index (χ1v) is 4.97. The summed E-state index contributed by atoms with van der Waals surface area (Å²) in [5.41, 5.74) is 5.03. The SMILES string of the molecule is NC1CC(NCC2(O)CCOC2)C1. The lowest BCUT2D eigenvalue weighted by atomic mass is 9.87. The van der Waals surface area contributed by atoms with E-state index >= 15 is 0 Å². The predicted octanol–water partition coefficient (Wildman–Crippen LogP) is -0.783. The lowest BCUT2D eigenvalue weighted by Gasteiger charge is -2.35. The summed E-state index contributed by atoms with van der Waals surface area (Å²) in [6.07, 6.45) is 2.83. The van der Waals surface area contributed by atoms with Gasteiger partial charge in [-0.25, -0.2) is 0 Å². The second-order valence-corrected chi connectivity index (χ2v) is 4.34. The van der Waals surface area contributed by atoms with Crippen LogP contribution in [0.25, 0.3) is 0 Å². The molecule has 1 atom stereocenters. The highest BCUT2D eigenvalue weighted by Gasteiger charge is 2.34. The molecule has 4 N–H and O–H groups in total. The molecule has 1 heterocycles. The van der Waals surface area contributed by atoms with Crippen molar-refractivity contribution < 1.29 is 9.84 Å². The van der Waals surface area contributed by atoms with Crippen molar-refractivity contribution in [1.29, 1.82) is 0 Å². The average molecular weight is 186 g/mol. The minimum Gasteiger partial charge on any atom is -0.386 e.